The van der Waals surface area contributed by atoms with Gasteiger partial charge in [0, 0.05) is 17.2 Å². The van der Waals surface area contributed by atoms with Gasteiger partial charge in [-0.25, -0.2) is 4.98 Å². The zero-order valence-corrected chi connectivity index (χ0v) is 16.6. The molecule has 0 aliphatic rings. The first-order valence-corrected chi connectivity index (χ1v) is 10.0. The Morgan fingerprint density at radius 2 is 1.93 bits per heavy atom. The molecule has 0 atom stereocenters. The predicted molar refractivity (Wildman–Crippen MR) is 110 cm³/mol. The van der Waals surface area contributed by atoms with Crippen LogP contribution in [0.1, 0.15) is 22.4 Å². The minimum absolute atomic E-state index is 0.223. The van der Waals surface area contributed by atoms with Gasteiger partial charge in [-0.05, 0) is 30.7 Å². The van der Waals surface area contributed by atoms with E-state index < -0.39 is 0 Å². The molecule has 3 aromatic rings. The van der Waals surface area contributed by atoms with Crippen LogP contribution >= 0.6 is 22.7 Å². The molecule has 0 saturated carbocycles. The molecule has 0 aliphatic heterocycles. The second-order valence-electron chi connectivity index (χ2n) is 5.85. The van der Waals surface area contributed by atoms with Gasteiger partial charge < -0.3 is 10.6 Å². The van der Waals surface area contributed by atoms with Crippen LogP contribution in [-0.2, 0) is 16.1 Å². The lowest BCUT2D eigenvalue weighted by Gasteiger charge is -2.09. The van der Waals surface area contributed by atoms with Crippen molar-refractivity contribution in [2.24, 2.45) is 0 Å². The fraction of sp³-hybridized carbons (Fsp3) is 0.150. The highest BCUT2D eigenvalue weighted by atomic mass is 32.1. The van der Waals surface area contributed by atoms with Gasteiger partial charge in [-0.2, -0.15) is 0 Å². The molecule has 27 heavy (non-hydrogen) atoms. The Morgan fingerprint density at radius 1 is 1.15 bits per heavy atom. The number of aryl methyl sites for hydroxylation is 1. The Morgan fingerprint density at radius 3 is 2.59 bits per heavy atom. The van der Waals surface area contributed by atoms with Gasteiger partial charge in [0.25, 0.3) is 5.91 Å². The van der Waals surface area contributed by atoms with Crippen molar-refractivity contribution in [2.75, 3.05) is 0 Å². The topological polar surface area (TPSA) is 71.1 Å². The van der Waals surface area contributed by atoms with Crippen molar-refractivity contribution in [1.29, 1.82) is 0 Å². The number of nitrogens with zero attached hydrogens (tertiary/aromatic N) is 1. The lowest BCUT2D eigenvalue weighted by molar-refractivity contribution is -0.122. The van der Waals surface area contributed by atoms with E-state index in [2.05, 4.69) is 15.6 Å². The number of aromatic nitrogens is 1. The minimum atomic E-state index is -0.325. The van der Waals surface area contributed by atoms with Crippen molar-refractivity contribution in [2.45, 2.75) is 20.4 Å². The third-order valence-corrected chi connectivity index (χ3v) is 5.50. The zero-order chi connectivity index (χ0) is 19.2. The number of rotatable bonds is 6. The maximum atomic E-state index is 12.5. The average Bonchev–Trinajstić information content (AvgIpc) is 3.28. The van der Waals surface area contributed by atoms with Crippen LogP contribution in [-0.4, -0.2) is 16.8 Å². The van der Waals surface area contributed by atoms with Gasteiger partial charge in [0.1, 0.15) is 5.70 Å². The van der Waals surface area contributed by atoms with Crippen molar-refractivity contribution in [3.8, 4) is 10.6 Å². The van der Waals surface area contributed by atoms with E-state index in [0.717, 1.165) is 26.0 Å². The number of carbonyl (C=O) groups excluding carboxylic acids is 2. The first-order chi connectivity index (χ1) is 13.0. The largest absolute Gasteiger partial charge is 0.346 e. The summed E-state index contributed by atoms with van der Waals surface area (Å²) < 4.78 is 0. The molecule has 0 bridgehead atoms. The molecule has 1 aromatic carbocycles. The second kappa shape index (κ2) is 8.75. The van der Waals surface area contributed by atoms with Crippen molar-refractivity contribution in [3.05, 3.63) is 69.0 Å². The quantitative estimate of drug-likeness (QED) is 0.618. The van der Waals surface area contributed by atoms with Crippen LogP contribution in [0.2, 0.25) is 0 Å². The maximum absolute atomic E-state index is 12.5. The summed E-state index contributed by atoms with van der Waals surface area (Å²) in [7, 11) is 0. The fourth-order valence-corrected chi connectivity index (χ4v) is 4.01. The highest BCUT2D eigenvalue weighted by molar-refractivity contribution is 7.16. The Balaban J connectivity index is 1.68. The van der Waals surface area contributed by atoms with Crippen molar-refractivity contribution in [3.63, 3.8) is 0 Å². The van der Waals surface area contributed by atoms with Gasteiger partial charge in [-0.15, -0.1) is 22.7 Å². The third-order valence-electron chi connectivity index (χ3n) is 3.62. The standard InChI is InChI=1S/C20H19N3O2S2/c1-13(24)22-17(10-15-6-4-3-5-7-15)20(25)21-11-16-8-9-19(27-16)18-12-26-14(2)23-18/h3-10,12H,11H2,1-2H3,(H,21,25)(H,22,24)/b17-10-. The van der Waals surface area contributed by atoms with Gasteiger partial charge in [0.15, 0.2) is 0 Å². The van der Waals surface area contributed by atoms with E-state index in [0.29, 0.717) is 6.54 Å². The molecule has 2 aromatic heterocycles. The zero-order valence-electron chi connectivity index (χ0n) is 15.0. The smallest absolute Gasteiger partial charge is 0.268 e. The summed E-state index contributed by atoms with van der Waals surface area (Å²) in [4.78, 5) is 30.6. The van der Waals surface area contributed by atoms with Gasteiger partial charge in [0.05, 0.1) is 22.1 Å². The number of amides is 2. The van der Waals surface area contributed by atoms with Crippen LogP contribution in [0.3, 0.4) is 0 Å². The SMILES string of the molecule is CC(=O)N/C(=C\c1ccccc1)C(=O)NCc1ccc(-c2csc(C)n2)s1. The number of thiophene rings is 1. The summed E-state index contributed by atoms with van der Waals surface area (Å²) in [5.74, 6) is -0.613. The van der Waals surface area contributed by atoms with Crippen molar-refractivity contribution >= 4 is 40.6 Å². The molecule has 0 unspecified atom stereocenters. The third kappa shape index (κ3) is 5.35. The lowest BCUT2D eigenvalue weighted by Crippen LogP contribution is -2.33. The molecule has 2 heterocycles. The summed E-state index contributed by atoms with van der Waals surface area (Å²) >= 11 is 3.21. The maximum Gasteiger partial charge on any atom is 0.268 e. The molecular weight excluding hydrogens is 378 g/mol. The van der Waals surface area contributed by atoms with Crippen LogP contribution in [0.15, 0.2) is 53.5 Å². The molecule has 7 heteroatoms. The van der Waals surface area contributed by atoms with E-state index in [1.54, 1.807) is 28.7 Å². The Labute approximate surface area is 165 Å². The number of hydrogen-bond donors (Lipinski definition) is 2. The molecular formula is C20H19N3O2S2. The first-order valence-electron chi connectivity index (χ1n) is 8.35. The van der Waals surface area contributed by atoms with E-state index in [1.807, 2.05) is 54.8 Å². The van der Waals surface area contributed by atoms with E-state index in [1.165, 1.54) is 6.92 Å². The number of carbonyl (C=O) groups is 2. The highest BCUT2D eigenvalue weighted by Gasteiger charge is 2.12. The number of benzene rings is 1. The van der Waals surface area contributed by atoms with Crippen LogP contribution in [0.4, 0.5) is 0 Å². The monoisotopic (exact) mass is 397 g/mol. The highest BCUT2D eigenvalue weighted by Crippen LogP contribution is 2.28. The van der Waals surface area contributed by atoms with Crippen LogP contribution in [0, 0.1) is 6.92 Å². The normalized spacial score (nSPS) is 11.3. The molecule has 0 fully saturated rings. The van der Waals surface area contributed by atoms with E-state index in [4.69, 9.17) is 0 Å². The van der Waals surface area contributed by atoms with Gasteiger partial charge in [-0.1, -0.05) is 30.3 Å². The molecule has 0 saturated heterocycles. The molecule has 138 valence electrons. The average molecular weight is 398 g/mol. The van der Waals surface area contributed by atoms with Crippen molar-refractivity contribution in [1.82, 2.24) is 15.6 Å². The summed E-state index contributed by atoms with van der Waals surface area (Å²) in [5, 5.41) is 8.52. The lowest BCUT2D eigenvalue weighted by atomic mass is 10.2. The van der Waals surface area contributed by atoms with Gasteiger partial charge >= 0.3 is 0 Å². The summed E-state index contributed by atoms with van der Waals surface area (Å²) in [6.07, 6.45) is 1.66. The van der Waals surface area contributed by atoms with Crippen LogP contribution < -0.4 is 10.6 Å². The number of nitrogens with one attached hydrogen (secondary N) is 2. The van der Waals surface area contributed by atoms with Gasteiger partial charge in [-0.3, -0.25) is 9.59 Å². The molecule has 5 nitrogen and oxygen atoms in total. The fourth-order valence-electron chi connectivity index (χ4n) is 2.41. The molecule has 0 spiro atoms. The van der Waals surface area contributed by atoms with E-state index >= 15 is 0 Å². The second-order valence-corrected chi connectivity index (χ2v) is 8.08. The van der Waals surface area contributed by atoms with Crippen LogP contribution in [0.25, 0.3) is 16.6 Å². The van der Waals surface area contributed by atoms with Crippen LogP contribution in [0.5, 0.6) is 0 Å². The van der Waals surface area contributed by atoms with Crippen molar-refractivity contribution < 1.29 is 9.59 Å². The summed E-state index contributed by atoms with van der Waals surface area (Å²) in [6, 6.07) is 13.4. The Bertz CT molecular complexity index is 974. The molecule has 2 N–H and O–H groups in total. The molecule has 3 rings (SSSR count). The minimum Gasteiger partial charge on any atom is -0.346 e. The number of hydrogen-bond acceptors (Lipinski definition) is 5. The summed E-state index contributed by atoms with van der Waals surface area (Å²) in [5.41, 5.74) is 2.03. The molecule has 0 radical (unpaired) electrons. The van der Waals surface area contributed by atoms with E-state index in [9.17, 15) is 9.59 Å². The molecule has 0 aliphatic carbocycles. The first kappa shape index (κ1) is 19.0. The molecule has 2 amide bonds. The Hall–Kier alpha value is -2.77. The predicted octanol–water partition coefficient (Wildman–Crippen LogP) is 3.97. The number of thiazole rings is 1. The Kier molecular flexibility index (Phi) is 6.16. The summed E-state index contributed by atoms with van der Waals surface area (Å²) in [6.45, 7) is 3.75. The van der Waals surface area contributed by atoms with Gasteiger partial charge in [0.2, 0.25) is 5.91 Å². The van der Waals surface area contributed by atoms with E-state index in [-0.39, 0.29) is 17.5 Å².